The van der Waals surface area contributed by atoms with Crippen molar-refractivity contribution in [3.05, 3.63) is 12.0 Å². The van der Waals surface area contributed by atoms with Gasteiger partial charge in [-0.3, -0.25) is 4.79 Å². The summed E-state index contributed by atoms with van der Waals surface area (Å²) in [6.07, 6.45) is 1.45. The van der Waals surface area contributed by atoms with E-state index in [1.165, 1.54) is 13.0 Å². The van der Waals surface area contributed by atoms with E-state index in [4.69, 9.17) is 4.74 Å². The van der Waals surface area contributed by atoms with Crippen LogP contribution in [0.25, 0.3) is 0 Å². The van der Waals surface area contributed by atoms with Gasteiger partial charge in [-0.15, -0.1) is 0 Å². The standard InChI is InChI=1S/C6H9NO2/c1-5(8)4-6-7-2-3-9-6/h4,7H,2-3H2,1H3/b6-4+. The molecule has 1 aliphatic rings. The van der Waals surface area contributed by atoms with E-state index in [2.05, 4.69) is 5.32 Å². The molecule has 0 radical (unpaired) electrons. The van der Waals surface area contributed by atoms with Gasteiger partial charge in [-0.05, 0) is 6.92 Å². The van der Waals surface area contributed by atoms with E-state index in [1.807, 2.05) is 0 Å². The molecule has 1 saturated heterocycles. The maximum Gasteiger partial charge on any atom is 0.190 e. The summed E-state index contributed by atoms with van der Waals surface area (Å²) < 4.78 is 4.99. The first kappa shape index (κ1) is 6.13. The quantitative estimate of drug-likeness (QED) is 0.505. The summed E-state index contributed by atoms with van der Waals surface area (Å²) in [5.74, 6) is 0.613. The predicted molar refractivity (Wildman–Crippen MR) is 32.7 cm³/mol. The lowest BCUT2D eigenvalue weighted by atomic mass is 10.4. The van der Waals surface area contributed by atoms with Crippen LogP contribution in [-0.4, -0.2) is 18.9 Å². The molecule has 0 atom stereocenters. The number of ether oxygens (including phenoxy) is 1. The maximum atomic E-state index is 10.4. The van der Waals surface area contributed by atoms with E-state index in [1.54, 1.807) is 0 Å². The van der Waals surface area contributed by atoms with E-state index >= 15 is 0 Å². The van der Waals surface area contributed by atoms with E-state index in [-0.39, 0.29) is 5.78 Å². The highest BCUT2D eigenvalue weighted by Crippen LogP contribution is 1.97. The van der Waals surface area contributed by atoms with Crippen molar-refractivity contribution in [2.45, 2.75) is 6.92 Å². The number of hydrogen-bond donors (Lipinski definition) is 1. The van der Waals surface area contributed by atoms with Crippen molar-refractivity contribution in [2.75, 3.05) is 13.2 Å². The molecule has 0 aliphatic carbocycles. The smallest absolute Gasteiger partial charge is 0.190 e. The van der Waals surface area contributed by atoms with Crippen molar-refractivity contribution in [3.8, 4) is 0 Å². The number of carbonyl (C=O) groups excluding carboxylic acids is 1. The van der Waals surface area contributed by atoms with Crippen LogP contribution >= 0.6 is 0 Å². The van der Waals surface area contributed by atoms with Gasteiger partial charge in [0.05, 0.1) is 6.54 Å². The summed E-state index contributed by atoms with van der Waals surface area (Å²) in [6.45, 7) is 2.97. The second kappa shape index (κ2) is 2.53. The fourth-order valence-corrected chi connectivity index (χ4v) is 0.664. The molecule has 1 heterocycles. The Kier molecular flexibility index (Phi) is 1.72. The molecule has 1 fully saturated rings. The molecule has 1 N–H and O–H groups in total. The first-order chi connectivity index (χ1) is 4.29. The number of ketones is 1. The Balaban J connectivity index is 2.49. The van der Waals surface area contributed by atoms with Crippen molar-refractivity contribution in [3.63, 3.8) is 0 Å². The lowest BCUT2D eigenvalue weighted by molar-refractivity contribution is -0.112. The van der Waals surface area contributed by atoms with Gasteiger partial charge in [-0.1, -0.05) is 0 Å². The fraction of sp³-hybridized carbons (Fsp3) is 0.500. The average molecular weight is 127 g/mol. The molecule has 3 heteroatoms. The van der Waals surface area contributed by atoms with Gasteiger partial charge in [-0.2, -0.15) is 0 Å². The Morgan fingerprint density at radius 1 is 1.89 bits per heavy atom. The lowest BCUT2D eigenvalue weighted by Gasteiger charge is -1.93. The zero-order valence-corrected chi connectivity index (χ0v) is 5.31. The maximum absolute atomic E-state index is 10.4. The first-order valence-corrected chi connectivity index (χ1v) is 2.88. The topological polar surface area (TPSA) is 38.3 Å². The Hall–Kier alpha value is -0.990. The first-order valence-electron chi connectivity index (χ1n) is 2.88. The molecule has 50 valence electrons. The molecular formula is C6H9NO2. The zero-order valence-electron chi connectivity index (χ0n) is 5.31. The monoisotopic (exact) mass is 127 g/mol. The molecule has 0 unspecified atom stereocenters. The van der Waals surface area contributed by atoms with Crippen molar-refractivity contribution in [1.82, 2.24) is 5.32 Å². The second-order valence-electron chi connectivity index (χ2n) is 1.89. The van der Waals surface area contributed by atoms with E-state index in [9.17, 15) is 4.79 Å². The molecule has 0 spiro atoms. The Morgan fingerprint density at radius 3 is 3.11 bits per heavy atom. The summed E-state index contributed by atoms with van der Waals surface area (Å²) in [4.78, 5) is 10.4. The van der Waals surface area contributed by atoms with Crippen LogP contribution in [-0.2, 0) is 9.53 Å². The Labute approximate surface area is 53.7 Å². The van der Waals surface area contributed by atoms with Crippen LogP contribution in [0.4, 0.5) is 0 Å². The molecular weight excluding hydrogens is 118 g/mol. The minimum absolute atomic E-state index is 0.0133. The molecule has 0 bridgehead atoms. The van der Waals surface area contributed by atoms with E-state index in [0.29, 0.717) is 12.5 Å². The number of nitrogens with one attached hydrogen (secondary N) is 1. The van der Waals surface area contributed by atoms with Crippen LogP contribution in [0.15, 0.2) is 12.0 Å². The third kappa shape index (κ3) is 1.76. The Bertz CT molecular complexity index is 143. The third-order valence-electron chi connectivity index (χ3n) is 0.993. The van der Waals surface area contributed by atoms with Crippen LogP contribution < -0.4 is 5.32 Å². The van der Waals surface area contributed by atoms with Gasteiger partial charge >= 0.3 is 0 Å². The van der Waals surface area contributed by atoms with Gasteiger partial charge in [0.25, 0.3) is 0 Å². The highest BCUT2D eigenvalue weighted by atomic mass is 16.5. The van der Waals surface area contributed by atoms with Crippen LogP contribution in [0, 0.1) is 0 Å². The fourth-order valence-electron chi connectivity index (χ4n) is 0.664. The third-order valence-corrected chi connectivity index (χ3v) is 0.993. The number of carbonyl (C=O) groups is 1. The highest BCUT2D eigenvalue weighted by Gasteiger charge is 2.04. The van der Waals surface area contributed by atoms with Crippen molar-refractivity contribution in [2.24, 2.45) is 0 Å². The minimum atomic E-state index is 0.0133. The highest BCUT2D eigenvalue weighted by molar-refractivity contribution is 5.87. The Morgan fingerprint density at radius 2 is 2.67 bits per heavy atom. The van der Waals surface area contributed by atoms with Gasteiger partial charge in [0.15, 0.2) is 11.7 Å². The number of hydrogen-bond acceptors (Lipinski definition) is 3. The SMILES string of the molecule is CC(=O)/C=C1\NCCO1. The average Bonchev–Trinajstić information content (AvgIpc) is 2.15. The lowest BCUT2D eigenvalue weighted by Crippen LogP contribution is -2.05. The molecule has 0 saturated carbocycles. The molecule has 0 aromatic rings. The summed E-state index contributed by atoms with van der Waals surface area (Å²) in [5, 5.41) is 2.91. The summed E-state index contributed by atoms with van der Waals surface area (Å²) in [6, 6.07) is 0. The number of rotatable bonds is 1. The molecule has 0 aromatic heterocycles. The molecule has 1 aliphatic heterocycles. The van der Waals surface area contributed by atoms with E-state index in [0.717, 1.165) is 6.54 Å². The summed E-state index contributed by atoms with van der Waals surface area (Å²) >= 11 is 0. The minimum Gasteiger partial charge on any atom is -0.477 e. The number of allylic oxidation sites excluding steroid dienone is 1. The van der Waals surface area contributed by atoms with Crippen molar-refractivity contribution >= 4 is 5.78 Å². The van der Waals surface area contributed by atoms with Gasteiger partial charge in [0, 0.05) is 6.08 Å². The van der Waals surface area contributed by atoms with Crippen LogP contribution in [0.2, 0.25) is 0 Å². The largest absolute Gasteiger partial charge is 0.477 e. The summed E-state index contributed by atoms with van der Waals surface area (Å²) in [5.41, 5.74) is 0. The van der Waals surface area contributed by atoms with Gasteiger partial charge in [0.1, 0.15) is 6.61 Å². The predicted octanol–water partition coefficient (Wildman–Crippen LogP) is 0.0366. The molecule has 3 nitrogen and oxygen atoms in total. The molecule has 0 amide bonds. The van der Waals surface area contributed by atoms with Crippen molar-refractivity contribution in [1.29, 1.82) is 0 Å². The summed E-state index contributed by atoms with van der Waals surface area (Å²) in [7, 11) is 0. The van der Waals surface area contributed by atoms with Gasteiger partial charge in [-0.25, -0.2) is 0 Å². The van der Waals surface area contributed by atoms with Gasteiger partial charge < -0.3 is 10.1 Å². The second-order valence-corrected chi connectivity index (χ2v) is 1.89. The molecule has 1 rings (SSSR count). The van der Waals surface area contributed by atoms with Crippen LogP contribution in [0.5, 0.6) is 0 Å². The zero-order chi connectivity index (χ0) is 6.69. The van der Waals surface area contributed by atoms with Crippen LogP contribution in [0.1, 0.15) is 6.92 Å². The van der Waals surface area contributed by atoms with Crippen molar-refractivity contribution < 1.29 is 9.53 Å². The van der Waals surface area contributed by atoms with E-state index < -0.39 is 0 Å². The van der Waals surface area contributed by atoms with Crippen LogP contribution in [0.3, 0.4) is 0 Å². The van der Waals surface area contributed by atoms with Gasteiger partial charge in [0.2, 0.25) is 0 Å². The molecule has 0 aromatic carbocycles. The normalized spacial score (nSPS) is 21.2. The molecule has 9 heavy (non-hydrogen) atoms.